The van der Waals surface area contributed by atoms with Gasteiger partial charge in [0.15, 0.2) is 0 Å². The molecule has 15 heavy (non-hydrogen) atoms. The molecular formula is C10H16N2O2S. The third kappa shape index (κ3) is 3.62. The monoisotopic (exact) mass is 228 g/mol. The lowest BCUT2D eigenvalue weighted by Crippen LogP contribution is -2.42. The van der Waals surface area contributed by atoms with Gasteiger partial charge >= 0.3 is 0 Å². The van der Waals surface area contributed by atoms with Gasteiger partial charge in [-0.1, -0.05) is 0 Å². The summed E-state index contributed by atoms with van der Waals surface area (Å²) < 4.78 is 0. The predicted molar refractivity (Wildman–Crippen MR) is 60.8 cm³/mol. The van der Waals surface area contributed by atoms with Gasteiger partial charge in [-0.2, -0.15) is 11.3 Å². The number of hydrogen-bond acceptors (Lipinski definition) is 4. The van der Waals surface area contributed by atoms with Crippen LogP contribution < -0.4 is 10.6 Å². The molecule has 0 saturated carbocycles. The molecule has 0 aliphatic heterocycles. The maximum absolute atomic E-state index is 11.2. The lowest BCUT2D eigenvalue weighted by molar-refractivity contribution is -0.122. The second-order valence-electron chi connectivity index (χ2n) is 3.32. The highest BCUT2D eigenvalue weighted by molar-refractivity contribution is 7.07. The Balaban J connectivity index is 2.34. The Labute approximate surface area is 93.3 Å². The largest absolute Gasteiger partial charge is 0.387 e. The summed E-state index contributed by atoms with van der Waals surface area (Å²) in [5.74, 6) is -0.0764. The molecule has 0 aliphatic carbocycles. The van der Waals surface area contributed by atoms with Crippen molar-refractivity contribution < 1.29 is 9.90 Å². The average Bonchev–Trinajstić information content (AvgIpc) is 2.77. The van der Waals surface area contributed by atoms with Gasteiger partial charge in [0.25, 0.3) is 0 Å². The highest BCUT2D eigenvalue weighted by atomic mass is 32.1. The number of nitrogens with one attached hydrogen (secondary N) is 2. The minimum absolute atomic E-state index is 0.0764. The summed E-state index contributed by atoms with van der Waals surface area (Å²) in [5.41, 5.74) is 0.886. The Hall–Kier alpha value is -0.910. The van der Waals surface area contributed by atoms with E-state index >= 15 is 0 Å². The molecule has 0 spiro atoms. The number of carbonyl (C=O) groups excluding carboxylic acids is 1. The van der Waals surface area contributed by atoms with E-state index in [0.29, 0.717) is 6.54 Å². The molecule has 0 aliphatic rings. The smallest absolute Gasteiger partial charge is 0.236 e. The molecule has 84 valence electrons. The molecule has 0 bridgehead atoms. The molecular weight excluding hydrogens is 212 g/mol. The molecule has 1 aromatic rings. The highest BCUT2D eigenvalue weighted by Crippen LogP contribution is 2.15. The fraction of sp³-hybridized carbons (Fsp3) is 0.500. The fourth-order valence-corrected chi connectivity index (χ4v) is 1.89. The van der Waals surface area contributed by atoms with Gasteiger partial charge in [0.1, 0.15) is 0 Å². The van der Waals surface area contributed by atoms with E-state index in [1.807, 2.05) is 16.8 Å². The van der Waals surface area contributed by atoms with Gasteiger partial charge in [0.05, 0.1) is 12.1 Å². The summed E-state index contributed by atoms with van der Waals surface area (Å²) in [7, 11) is 1.59. The Kier molecular flexibility index (Phi) is 4.74. The first kappa shape index (κ1) is 12.2. The summed E-state index contributed by atoms with van der Waals surface area (Å²) in [5, 5.41) is 19.0. The maximum Gasteiger partial charge on any atom is 0.236 e. The first-order valence-corrected chi connectivity index (χ1v) is 5.74. The molecule has 4 nitrogen and oxygen atoms in total. The zero-order valence-electron chi connectivity index (χ0n) is 8.86. The van der Waals surface area contributed by atoms with Crippen LogP contribution in [-0.4, -0.2) is 30.6 Å². The number of amides is 1. The van der Waals surface area contributed by atoms with E-state index in [1.165, 1.54) is 0 Å². The van der Waals surface area contributed by atoms with Crippen LogP contribution in [0, 0.1) is 0 Å². The predicted octanol–water partition coefficient (Wildman–Crippen LogP) is 0.506. The highest BCUT2D eigenvalue weighted by Gasteiger charge is 2.13. The summed E-state index contributed by atoms with van der Waals surface area (Å²) in [6, 6.07) is 1.59. The molecule has 1 rings (SSSR count). The van der Waals surface area contributed by atoms with Crippen molar-refractivity contribution in [3.63, 3.8) is 0 Å². The van der Waals surface area contributed by atoms with Crippen LogP contribution in [-0.2, 0) is 4.79 Å². The number of aliphatic hydroxyl groups excluding tert-OH is 1. The Morgan fingerprint density at radius 1 is 1.67 bits per heavy atom. The Morgan fingerprint density at radius 2 is 2.40 bits per heavy atom. The fourth-order valence-electron chi connectivity index (χ4n) is 1.18. The third-order valence-electron chi connectivity index (χ3n) is 2.19. The number of carbonyl (C=O) groups is 1. The van der Waals surface area contributed by atoms with Crippen LogP contribution in [0.2, 0.25) is 0 Å². The number of hydrogen-bond donors (Lipinski definition) is 3. The van der Waals surface area contributed by atoms with Crippen molar-refractivity contribution in [3.8, 4) is 0 Å². The molecule has 1 amide bonds. The summed E-state index contributed by atoms with van der Waals surface area (Å²) in [6.07, 6.45) is -0.552. The van der Waals surface area contributed by atoms with Gasteiger partial charge in [-0.3, -0.25) is 4.79 Å². The van der Waals surface area contributed by atoms with Gasteiger partial charge in [-0.25, -0.2) is 0 Å². The molecule has 0 aromatic carbocycles. The number of thiophene rings is 1. The van der Waals surface area contributed by atoms with Gasteiger partial charge in [0, 0.05) is 13.6 Å². The Morgan fingerprint density at radius 3 is 2.93 bits per heavy atom. The van der Waals surface area contributed by atoms with Crippen LogP contribution in [0.15, 0.2) is 16.8 Å². The zero-order chi connectivity index (χ0) is 11.3. The summed E-state index contributed by atoms with van der Waals surface area (Å²) >= 11 is 1.55. The first-order valence-electron chi connectivity index (χ1n) is 4.80. The molecule has 5 heteroatoms. The second-order valence-corrected chi connectivity index (χ2v) is 4.10. The van der Waals surface area contributed by atoms with Gasteiger partial charge in [0.2, 0.25) is 5.91 Å². The molecule has 1 aromatic heterocycles. The van der Waals surface area contributed by atoms with E-state index in [0.717, 1.165) is 5.56 Å². The van der Waals surface area contributed by atoms with Crippen LogP contribution in [0.1, 0.15) is 18.6 Å². The number of likely N-dealkylation sites (N-methyl/N-ethyl adjacent to an activating group) is 1. The first-order chi connectivity index (χ1) is 7.15. The minimum Gasteiger partial charge on any atom is -0.387 e. The molecule has 2 atom stereocenters. The molecule has 0 saturated heterocycles. The second kappa shape index (κ2) is 5.85. The lowest BCUT2D eigenvalue weighted by Gasteiger charge is -2.15. The van der Waals surface area contributed by atoms with Crippen LogP contribution in [0.25, 0.3) is 0 Å². The summed E-state index contributed by atoms with van der Waals surface area (Å²) in [4.78, 5) is 11.2. The van der Waals surface area contributed by atoms with Gasteiger partial charge < -0.3 is 15.7 Å². The van der Waals surface area contributed by atoms with Crippen molar-refractivity contribution in [2.24, 2.45) is 0 Å². The standard InChI is InChI=1S/C10H16N2O2S/c1-7(10(14)11-2)12-5-9(13)8-3-4-15-6-8/h3-4,6-7,9,12-13H,5H2,1-2H3,(H,11,14). The van der Waals surface area contributed by atoms with Crippen molar-refractivity contribution in [2.45, 2.75) is 19.1 Å². The van der Waals surface area contributed by atoms with Crippen LogP contribution in [0.4, 0.5) is 0 Å². The van der Waals surface area contributed by atoms with Crippen LogP contribution in [0.5, 0.6) is 0 Å². The van der Waals surface area contributed by atoms with Gasteiger partial charge in [-0.15, -0.1) is 0 Å². The van der Waals surface area contributed by atoms with E-state index in [9.17, 15) is 9.90 Å². The van der Waals surface area contributed by atoms with E-state index < -0.39 is 6.10 Å². The summed E-state index contributed by atoms with van der Waals surface area (Å²) in [6.45, 7) is 2.14. The molecule has 0 fully saturated rings. The molecule has 3 N–H and O–H groups in total. The lowest BCUT2D eigenvalue weighted by atomic mass is 10.2. The number of rotatable bonds is 5. The molecule has 2 unspecified atom stereocenters. The SMILES string of the molecule is CNC(=O)C(C)NCC(O)c1ccsc1. The normalized spacial score (nSPS) is 14.6. The molecule has 0 radical (unpaired) electrons. The van der Waals surface area contributed by atoms with E-state index in [4.69, 9.17) is 0 Å². The average molecular weight is 228 g/mol. The van der Waals surface area contributed by atoms with Crippen molar-refractivity contribution in [1.29, 1.82) is 0 Å². The van der Waals surface area contributed by atoms with E-state index in [2.05, 4.69) is 10.6 Å². The van der Waals surface area contributed by atoms with Crippen molar-refractivity contribution in [3.05, 3.63) is 22.4 Å². The van der Waals surface area contributed by atoms with Crippen LogP contribution >= 0.6 is 11.3 Å². The van der Waals surface area contributed by atoms with E-state index in [1.54, 1.807) is 25.3 Å². The van der Waals surface area contributed by atoms with E-state index in [-0.39, 0.29) is 11.9 Å². The van der Waals surface area contributed by atoms with Crippen molar-refractivity contribution >= 4 is 17.2 Å². The van der Waals surface area contributed by atoms with Gasteiger partial charge in [-0.05, 0) is 29.3 Å². The van der Waals surface area contributed by atoms with Crippen molar-refractivity contribution in [1.82, 2.24) is 10.6 Å². The molecule has 1 heterocycles. The Bertz CT molecular complexity index is 300. The quantitative estimate of drug-likeness (QED) is 0.688. The zero-order valence-corrected chi connectivity index (χ0v) is 9.67. The van der Waals surface area contributed by atoms with Crippen molar-refractivity contribution in [2.75, 3.05) is 13.6 Å². The number of aliphatic hydroxyl groups is 1. The topological polar surface area (TPSA) is 61.4 Å². The maximum atomic E-state index is 11.2. The van der Waals surface area contributed by atoms with Crippen LogP contribution in [0.3, 0.4) is 0 Å². The third-order valence-corrected chi connectivity index (χ3v) is 2.89. The minimum atomic E-state index is -0.552.